The zero-order chi connectivity index (χ0) is 13.9. The lowest BCUT2D eigenvalue weighted by molar-refractivity contribution is -0.137. The van der Waals surface area contributed by atoms with Crippen molar-refractivity contribution in [3.05, 3.63) is 35.4 Å². The Bertz CT molecular complexity index is 413. The third-order valence-corrected chi connectivity index (χ3v) is 3.42. The Hall–Kier alpha value is -1.07. The summed E-state index contributed by atoms with van der Waals surface area (Å²) in [4.78, 5) is 0. The first kappa shape index (κ1) is 14.3. The van der Waals surface area contributed by atoms with Gasteiger partial charge in [-0.15, -0.1) is 0 Å². The summed E-state index contributed by atoms with van der Waals surface area (Å²) in [6.07, 6.45) is -0.938. The molecule has 0 radical (unpaired) electrons. The Morgan fingerprint density at radius 2 is 2.11 bits per heavy atom. The minimum absolute atomic E-state index is 0.0386. The van der Waals surface area contributed by atoms with Crippen LogP contribution in [0.1, 0.15) is 30.4 Å². The Labute approximate surface area is 110 Å². The largest absolute Gasteiger partial charge is 0.416 e. The maximum Gasteiger partial charge on any atom is 0.416 e. The lowest BCUT2D eigenvalue weighted by Gasteiger charge is -2.28. The van der Waals surface area contributed by atoms with Crippen molar-refractivity contribution < 1.29 is 17.9 Å². The summed E-state index contributed by atoms with van der Waals surface area (Å²) in [5.74, 6) is 0. The molecule has 1 aromatic rings. The van der Waals surface area contributed by atoms with Crippen molar-refractivity contribution in [2.24, 2.45) is 5.73 Å². The fourth-order valence-electron chi connectivity index (χ4n) is 2.38. The summed E-state index contributed by atoms with van der Waals surface area (Å²) < 4.78 is 43.4. The molecule has 0 spiro atoms. The van der Waals surface area contributed by atoms with Gasteiger partial charge in [0.15, 0.2) is 0 Å². The molecule has 0 amide bonds. The lowest BCUT2D eigenvalue weighted by atomic mass is 9.96. The second-order valence-corrected chi connectivity index (χ2v) is 4.97. The number of ether oxygens (including phenoxy) is 1. The van der Waals surface area contributed by atoms with Gasteiger partial charge in [0.1, 0.15) is 0 Å². The van der Waals surface area contributed by atoms with Gasteiger partial charge in [-0.25, -0.2) is 0 Å². The molecule has 1 aliphatic rings. The predicted octanol–water partition coefficient (Wildman–Crippen LogP) is 3.14. The van der Waals surface area contributed by atoms with Crippen molar-refractivity contribution in [3.63, 3.8) is 0 Å². The quantitative estimate of drug-likeness (QED) is 0.918. The molecule has 2 atom stereocenters. The van der Waals surface area contributed by atoms with Gasteiger partial charge in [0, 0.05) is 12.6 Å². The van der Waals surface area contributed by atoms with Crippen molar-refractivity contribution in [3.8, 4) is 0 Å². The van der Waals surface area contributed by atoms with Crippen molar-refractivity contribution in [1.82, 2.24) is 0 Å². The van der Waals surface area contributed by atoms with Crippen LogP contribution in [0, 0.1) is 0 Å². The van der Waals surface area contributed by atoms with Crippen LogP contribution in [0.2, 0.25) is 0 Å². The van der Waals surface area contributed by atoms with E-state index in [0.29, 0.717) is 18.6 Å². The molecule has 106 valence electrons. The van der Waals surface area contributed by atoms with E-state index in [1.807, 2.05) is 0 Å². The normalized spacial score (nSPS) is 22.2. The topological polar surface area (TPSA) is 35.2 Å². The number of nitrogens with two attached hydrogens (primary N) is 1. The first-order chi connectivity index (χ1) is 8.97. The van der Waals surface area contributed by atoms with Gasteiger partial charge in [-0.3, -0.25) is 0 Å². The van der Waals surface area contributed by atoms with Gasteiger partial charge in [-0.2, -0.15) is 13.2 Å². The summed E-state index contributed by atoms with van der Waals surface area (Å²) in [5.41, 5.74) is 6.02. The van der Waals surface area contributed by atoms with Crippen LogP contribution < -0.4 is 5.73 Å². The first-order valence-electron chi connectivity index (χ1n) is 6.50. The average molecular weight is 273 g/mol. The van der Waals surface area contributed by atoms with E-state index in [2.05, 4.69) is 0 Å². The minimum atomic E-state index is -4.30. The summed E-state index contributed by atoms with van der Waals surface area (Å²) in [6.45, 7) is 0.695. The number of hydrogen-bond acceptors (Lipinski definition) is 2. The number of rotatable bonds is 3. The molecular formula is C14H18F3NO. The van der Waals surface area contributed by atoms with Gasteiger partial charge >= 0.3 is 6.18 Å². The van der Waals surface area contributed by atoms with Crippen molar-refractivity contribution >= 4 is 0 Å². The first-order valence-corrected chi connectivity index (χ1v) is 6.50. The molecular weight excluding hydrogens is 255 g/mol. The van der Waals surface area contributed by atoms with E-state index in [1.54, 1.807) is 6.07 Å². The molecule has 0 aliphatic carbocycles. The molecule has 2 N–H and O–H groups in total. The fourth-order valence-corrected chi connectivity index (χ4v) is 2.38. The molecule has 1 aliphatic heterocycles. The number of alkyl halides is 3. The van der Waals surface area contributed by atoms with Gasteiger partial charge in [0.2, 0.25) is 0 Å². The Balaban J connectivity index is 2.02. The van der Waals surface area contributed by atoms with Gasteiger partial charge < -0.3 is 10.5 Å². The van der Waals surface area contributed by atoms with Crippen LogP contribution in [0.15, 0.2) is 24.3 Å². The molecule has 1 saturated heterocycles. The monoisotopic (exact) mass is 273 g/mol. The molecule has 2 unspecified atom stereocenters. The Morgan fingerprint density at radius 1 is 1.32 bits per heavy atom. The van der Waals surface area contributed by atoms with Gasteiger partial charge in [0.05, 0.1) is 11.7 Å². The van der Waals surface area contributed by atoms with Gasteiger partial charge in [-0.05, 0) is 37.3 Å². The summed E-state index contributed by atoms with van der Waals surface area (Å²) in [5, 5.41) is 0. The van der Waals surface area contributed by atoms with E-state index in [1.165, 1.54) is 12.1 Å². The Morgan fingerprint density at radius 3 is 2.74 bits per heavy atom. The van der Waals surface area contributed by atoms with E-state index in [0.717, 1.165) is 25.3 Å². The maximum atomic E-state index is 12.6. The summed E-state index contributed by atoms with van der Waals surface area (Å²) in [7, 11) is 0. The van der Waals surface area contributed by atoms with Gasteiger partial charge in [-0.1, -0.05) is 18.2 Å². The van der Waals surface area contributed by atoms with Crippen molar-refractivity contribution in [2.45, 2.75) is 44.0 Å². The fraction of sp³-hybridized carbons (Fsp3) is 0.571. The van der Waals surface area contributed by atoms with Crippen LogP contribution in [0.5, 0.6) is 0 Å². The molecule has 5 heteroatoms. The second-order valence-electron chi connectivity index (χ2n) is 4.97. The number of benzene rings is 1. The summed E-state index contributed by atoms with van der Waals surface area (Å²) >= 11 is 0. The highest BCUT2D eigenvalue weighted by atomic mass is 19.4. The van der Waals surface area contributed by atoms with Crippen LogP contribution in [-0.4, -0.2) is 18.8 Å². The zero-order valence-corrected chi connectivity index (χ0v) is 10.6. The molecule has 1 heterocycles. The van der Waals surface area contributed by atoms with Crippen LogP contribution in [0.4, 0.5) is 13.2 Å². The third-order valence-electron chi connectivity index (χ3n) is 3.42. The number of halogens is 3. The van der Waals surface area contributed by atoms with Crippen LogP contribution in [0.25, 0.3) is 0 Å². The third kappa shape index (κ3) is 3.94. The maximum absolute atomic E-state index is 12.6. The van der Waals surface area contributed by atoms with Crippen LogP contribution in [-0.2, 0) is 17.3 Å². The molecule has 0 aromatic heterocycles. The van der Waals surface area contributed by atoms with Crippen molar-refractivity contribution in [2.75, 3.05) is 6.61 Å². The van der Waals surface area contributed by atoms with E-state index >= 15 is 0 Å². The van der Waals surface area contributed by atoms with E-state index in [-0.39, 0.29) is 12.1 Å². The molecule has 2 rings (SSSR count). The zero-order valence-electron chi connectivity index (χ0n) is 10.6. The van der Waals surface area contributed by atoms with E-state index < -0.39 is 11.7 Å². The molecule has 0 saturated carbocycles. The SMILES string of the molecule is NC(Cc1cccc(C(F)(F)F)c1)C1CCCCO1. The molecule has 19 heavy (non-hydrogen) atoms. The highest BCUT2D eigenvalue weighted by Crippen LogP contribution is 2.30. The van der Waals surface area contributed by atoms with Gasteiger partial charge in [0.25, 0.3) is 0 Å². The van der Waals surface area contributed by atoms with Crippen LogP contribution >= 0.6 is 0 Å². The molecule has 1 aromatic carbocycles. The average Bonchev–Trinajstić information content (AvgIpc) is 2.39. The molecule has 1 fully saturated rings. The predicted molar refractivity (Wildman–Crippen MR) is 66.7 cm³/mol. The Kier molecular flexibility index (Phi) is 4.47. The smallest absolute Gasteiger partial charge is 0.377 e. The standard InChI is InChI=1S/C14H18F3NO/c15-14(16,17)11-5-3-4-10(8-11)9-12(18)13-6-1-2-7-19-13/h3-5,8,12-13H,1-2,6-7,9,18H2. The van der Waals surface area contributed by atoms with Crippen molar-refractivity contribution in [1.29, 1.82) is 0 Å². The van der Waals surface area contributed by atoms with E-state index in [9.17, 15) is 13.2 Å². The second kappa shape index (κ2) is 5.92. The minimum Gasteiger partial charge on any atom is -0.377 e. The van der Waals surface area contributed by atoms with E-state index in [4.69, 9.17) is 10.5 Å². The lowest BCUT2D eigenvalue weighted by Crippen LogP contribution is -2.40. The highest BCUT2D eigenvalue weighted by Gasteiger charge is 2.30. The summed E-state index contributed by atoms with van der Waals surface area (Å²) in [6, 6.07) is 5.10. The van der Waals surface area contributed by atoms with Crippen LogP contribution in [0.3, 0.4) is 0 Å². The highest BCUT2D eigenvalue weighted by molar-refractivity contribution is 5.26. The molecule has 0 bridgehead atoms. The molecule has 2 nitrogen and oxygen atoms in total. The number of hydrogen-bond donors (Lipinski definition) is 1.